The minimum Gasteiger partial charge on any atom is -0.354 e. The van der Waals surface area contributed by atoms with Crippen molar-refractivity contribution in [1.82, 2.24) is 29.7 Å². The average molecular weight is 517 g/mol. The first-order chi connectivity index (χ1) is 18.5. The molecule has 38 heavy (non-hydrogen) atoms. The molecule has 2 aromatic heterocycles. The third-order valence-corrected chi connectivity index (χ3v) is 7.36. The minimum atomic E-state index is -0.237. The van der Waals surface area contributed by atoms with Gasteiger partial charge in [0.15, 0.2) is 0 Å². The van der Waals surface area contributed by atoms with Gasteiger partial charge in [-0.25, -0.2) is 14.4 Å². The van der Waals surface area contributed by atoms with Crippen molar-refractivity contribution in [3.05, 3.63) is 71.9 Å². The van der Waals surface area contributed by atoms with Crippen molar-refractivity contribution < 1.29 is 4.39 Å². The zero-order valence-corrected chi connectivity index (χ0v) is 22.3. The van der Waals surface area contributed by atoms with Gasteiger partial charge in [-0.1, -0.05) is 18.2 Å². The number of nitrogens with one attached hydrogen (secondary N) is 2. The molecule has 0 bridgehead atoms. The molecule has 1 unspecified atom stereocenters. The number of piperazine rings is 1. The number of H-pyrrole nitrogens is 1. The number of hydrogen-bond donors (Lipinski definition) is 2. The van der Waals surface area contributed by atoms with Crippen LogP contribution in [-0.2, 0) is 0 Å². The van der Waals surface area contributed by atoms with Crippen LogP contribution in [0.3, 0.4) is 0 Å². The fourth-order valence-corrected chi connectivity index (χ4v) is 5.21. The van der Waals surface area contributed by atoms with E-state index in [0.29, 0.717) is 11.7 Å². The molecule has 0 spiro atoms. The monoisotopic (exact) mass is 516 g/mol. The third kappa shape index (κ3) is 6.28. The van der Waals surface area contributed by atoms with Gasteiger partial charge in [-0.05, 0) is 68.9 Å². The number of nitrogens with zero attached hydrogens (tertiary/aromatic N) is 6. The van der Waals surface area contributed by atoms with E-state index in [1.54, 1.807) is 24.4 Å². The van der Waals surface area contributed by atoms with E-state index in [1.165, 1.54) is 6.07 Å². The number of pyridine rings is 1. The summed E-state index contributed by atoms with van der Waals surface area (Å²) in [5.74, 6) is 1.83. The highest BCUT2D eigenvalue weighted by Crippen LogP contribution is 2.32. The number of anilines is 1. The SMILES string of the molecule is CN(C)CCN1CCN(c2cccc(-c3cnc(C=CC(=N)N4CCCC4c4cccc(F)c4)[nH]3)n2)CC1. The van der Waals surface area contributed by atoms with Crippen LogP contribution in [0, 0.1) is 11.2 Å². The minimum absolute atomic E-state index is 0.0248. The highest BCUT2D eigenvalue weighted by molar-refractivity contribution is 5.94. The quantitative estimate of drug-likeness (QED) is 0.346. The van der Waals surface area contributed by atoms with Crippen molar-refractivity contribution in [1.29, 1.82) is 5.41 Å². The molecule has 0 aliphatic carbocycles. The number of likely N-dealkylation sites (tertiary alicyclic amines) is 1. The van der Waals surface area contributed by atoms with Gasteiger partial charge in [0.05, 0.1) is 23.6 Å². The average Bonchev–Trinajstić information content (AvgIpc) is 3.61. The summed E-state index contributed by atoms with van der Waals surface area (Å²) in [5.41, 5.74) is 2.62. The molecule has 2 fully saturated rings. The van der Waals surface area contributed by atoms with Gasteiger partial charge in [-0.3, -0.25) is 10.3 Å². The molecule has 0 amide bonds. The van der Waals surface area contributed by atoms with Crippen LogP contribution in [0.15, 0.2) is 54.7 Å². The molecule has 2 saturated heterocycles. The second kappa shape index (κ2) is 11.9. The van der Waals surface area contributed by atoms with E-state index in [2.05, 4.69) is 44.8 Å². The fourth-order valence-electron chi connectivity index (χ4n) is 5.21. The Balaban J connectivity index is 1.20. The lowest BCUT2D eigenvalue weighted by atomic mass is 10.0. The summed E-state index contributed by atoms with van der Waals surface area (Å²) in [6, 6.07) is 12.8. The Morgan fingerprint density at radius 3 is 2.74 bits per heavy atom. The van der Waals surface area contributed by atoms with Gasteiger partial charge >= 0.3 is 0 Å². The van der Waals surface area contributed by atoms with Crippen LogP contribution < -0.4 is 4.90 Å². The number of rotatable bonds is 8. The van der Waals surface area contributed by atoms with Crippen molar-refractivity contribution in [2.24, 2.45) is 0 Å². The topological polar surface area (TPSA) is 78.4 Å². The molecule has 200 valence electrons. The normalized spacial score (nSPS) is 18.7. The first-order valence-corrected chi connectivity index (χ1v) is 13.4. The third-order valence-electron chi connectivity index (χ3n) is 7.36. The number of hydrogen-bond acceptors (Lipinski definition) is 6. The molecule has 1 aromatic carbocycles. The summed E-state index contributed by atoms with van der Waals surface area (Å²) in [5, 5.41) is 8.62. The fraction of sp³-hybridized carbons (Fsp3) is 0.414. The van der Waals surface area contributed by atoms with Crippen molar-refractivity contribution >= 4 is 17.7 Å². The first-order valence-electron chi connectivity index (χ1n) is 13.4. The van der Waals surface area contributed by atoms with Crippen molar-refractivity contribution in [3.63, 3.8) is 0 Å². The molecule has 3 aromatic rings. The summed E-state index contributed by atoms with van der Waals surface area (Å²) in [6.45, 7) is 6.99. The summed E-state index contributed by atoms with van der Waals surface area (Å²) in [6.07, 6.45) is 7.27. The molecule has 0 radical (unpaired) electrons. The lowest BCUT2D eigenvalue weighted by Gasteiger charge is -2.35. The Kier molecular flexibility index (Phi) is 8.14. The van der Waals surface area contributed by atoms with E-state index < -0.39 is 0 Å². The van der Waals surface area contributed by atoms with E-state index in [0.717, 1.165) is 81.4 Å². The van der Waals surface area contributed by atoms with Crippen molar-refractivity contribution in [3.8, 4) is 11.4 Å². The van der Waals surface area contributed by atoms with Crippen LogP contribution in [-0.4, -0.2) is 95.4 Å². The molecule has 8 nitrogen and oxygen atoms in total. The highest BCUT2D eigenvalue weighted by atomic mass is 19.1. The molecular formula is C29H37FN8. The number of imidazole rings is 1. The smallest absolute Gasteiger partial charge is 0.130 e. The van der Waals surface area contributed by atoms with Gasteiger partial charge in [0.1, 0.15) is 23.3 Å². The van der Waals surface area contributed by atoms with Crippen LogP contribution in [0.2, 0.25) is 0 Å². The van der Waals surface area contributed by atoms with Crippen LogP contribution in [0.5, 0.6) is 0 Å². The lowest BCUT2D eigenvalue weighted by Crippen LogP contribution is -2.48. The number of halogens is 1. The van der Waals surface area contributed by atoms with Gasteiger partial charge in [-0.2, -0.15) is 0 Å². The summed E-state index contributed by atoms with van der Waals surface area (Å²) < 4.78 is 13.7. The second-order valence-corrected chi connectivity index (χ2v) is 10.3. The van der Waals surface area contributed by atoms with E-state index in [-0.39, 0.29) is 11.9 Å². The van der Waals surface area contributed by atoms with E-state index in [4.69, 9.17) is 10.4 Å². The van der Waals surface area contributed by atoms with Crippen molar-refractivity contribution in [2.45, 2.75) is 18.9 Å². The molecule has 2 aliphatic rings. The van der Waals surface area contributed by atoms with Gasteiger partial charge < -0.3 is 19.7 Å². The van der Waals surface area contributed by atoms with Gasteiger partial charge in [-0.15, -0.1) is 0 Å². The Morgan fingerprint density at radius 2 is 1.95 bits per heavy atom. The Labute approximate surface area is 224 Å². The number of benzene rings is 1. The van der Waals surface area contributed by atoms with E-state index in [9.17, 15) is 4.39 Å². The summed E-state index contributed by atoms with van der Waals surface area (Å²) in [4.78, 5) is 21.8. The maximum Gasteiger partial charge on any atom is 0.130 e. The van der Waals surface area contributed by atoms with Crippen molar-refractivity contribution in [2.75, 3.05) is 64.8 Å². The molecule has 5 rings (SSSR count). The Hall–Kier alpha value is -3.56. The lowest BCUT2D eigenvalue weighted by molar-refractivity contribution is 0.229. The molecule has 2 N–H and O–H groups in total. The predicted octanol–water partition coefficient (Wildman–Crippen LogP) is 4.12. The maximum atomic E-state index is 13.7. The molecule has 4 heterocycles. The number of aromatic nitrogens is 3. The van der Waals surface area contributed by atoms with E-state index >= 15 is 0 Å². The summed E-state index contributed by atoms with van der Waals surface area (Å²) >= 11 is 0. The van der Waals surface area contributed by atoms with Crippen LogP contribution in [0.25, 0.3) is 17.5 Å². The molecular weight excluding hydrogens is 479 g/mol. The maximum absolute atomic E-state index is 13.7. The zero-order valence-electron chi connectivity index (χ0n) is 22.3. The van der Waals surface area contributed by atoms with Crippen LogP contribution >= 0.6 is 0 Å². The standard InChI is InChI=1S/C29H37FN8/c1-35(2)14-15-36-16-18-37(19-17-36)29-10-4-8-24(34-29)25-21-32-28(33-25)12-11-27(31)38-13-5-9-26(38)22-6-3-7-23(30)20-22/h3-4,6-8,10-12,20-21,26,31H,5,9,13-19H2,1-2H3,(H,32,33). The predicted molar refractivity (Wildman–Crippen MR) is 151 cm³/mol. The van der Waals surface area contributed by atoms with Crippen LogP contribution in [0.1, 0.15) is 30.3 Å². The van der Waals surface area contributed by atoms with Gasteiger partial charge in [0, 0.05) is 45.8 Å². The molecule has 9 heteroatoms. The van der Waals surface area contributed by atoms with Gasteiger partial charge in [0.25, 0.3) is 0 Å². The zero-order chi connectivity index (χ0) is 26.5. The second-order valence-electron chi connectivity index (χ2n) is 10.3. The van der Waals surface area contributed by atoms with Crippen LogP contribution in [0.4, 0.5) is 10.2 Å². The number of aromatic amines is 1. The Morgan fingerprint density at radius 1 is 1.13 bits per heavy atom. The summed E-state index contributed by atoms with van der Waals surface area (Å²) in [7, 11) is 4.23. The Bertz CT molecular complexity index is 1260. The first kappa shape index (κ1) is 26.1. The largest absolute Gasteiger partial charge is 0.354 e. The molecule has 0 saturated carbocycles. The number of amidine groups is 1. The number of likely N-dealkylation sites (N-methyl/N-ethyl adjacent to an activating group) is 1. The molecule has 2 aliphatic heterocycles. The highest BCUT2D eigenvalue weighted by Gasteiger charge is 2.27. The molecule has 1 atom stereocenters. The van der Waals surface area contributed by atoms with E-state index in [1.807, 2.05) is 29.2 Å². The van der Waals surface area contributed by atoms with Gasteiger partial charge in [0.2, 0.25) is 0 Å².